The first-order valence-electron chi connectivity index (χ1n) is 5.55. The van der Waals surface area contributed by atoms with Gasteiger partial charge in [0.2, 0.25) is 0 Å². The quantitative estimate of drug-likeness (QED) is 0.889. The number of aromatic carboxylic acids is 1. The number of hydrogen-bond donors (Lipinski definition) is 2. The van der Waals surface area contributed by atoms with Gasteiger partial charge in [0, 0.05) is 11.4 Å². The molecule has 0 saturated carbocycles. The average molecular weight is 312 g/mol. The summed E-state index contributed by atoms with van der Waals surface area (Å²) in [5.74, 6) is -1.05. The van der Waals surface area contributed by atoms with Crippen molar-refractivity contribution in [3.05, 3.63) is 45.6 Å². The van der Waals surface area contributed by atoms with Gasteiger partial charge in [-0.05, 0) is 12.1 Å². The zero-order valence-corrected chi connectivity index (χ0v) is 11.7. The highest BCUT2D eigenvalue weighted by molar-refractivity contribution is 7.12. The number of para-hydroxylation sites is 1. The molecule has 0 aliphatic rings. The molecule has 0 aliphatic carbocycles. The smallest absolute Gasteiger partial charge is 0.346 e. The zero-order chi connectivity index (χ0) is 14.5. The third kappa shape index (κ3) is 3.72. The van der Waals surface area contributed by atoms with Gasteiger partial charge in [0.15, 0.2) is 6.61 Å². The Labute approximate surface area is 123 Å². The number of benzene rings is 1. The largest absolute Gasteiger partial charge is 0.483 e. The van der Waals surface area contributed by atoms with Gasteiger partial charge in [-0.15, -0.1) is 11.3 Å². The molecule has 0 radical (unpaired) electrons. The predicted molar refractivity (Wildman–Crippen MR) is 76.9 cm³/mol. The second-order valence-corrected chi connectivity index (χ2v) is 5.09. The second-order valence-electron chi connectivity index (χ2n) is 3.77. The first-order chi connectivity index (χ1) is 9.56. The number of carbonyl (C=O) groups is 2. The van der Waals surface area contributed by atoms with Gasteiger partial charge >= 0.3 is 5.97 Å². The number of halogens is 1. The molecule has 0 spiro atoms. The highest BCUT2D eigenvalue weighted by atomic mass is 35.5. The zero-order valence-electron chi connectivity index (χ0n) is 10.1. The molecule has 0 bridgehead atoms. The van der Waals surface area contributed by atoms with Gasteiger partial charge in [0.1, 0.15) is 10.6 Å². The van der Waals surface area contributed by atoms with Crippen molar-refractivity contribution in [3.8, 4) is 5.75 Å². The molecule has 5 nitrogen and oxygen atoms in total. The number of ether oxygens (including phenoxy) is 1. The van der Waals surface area contributed by atoms with E-state index in [9.17, 15) is 9.59 Å². The number of amides is 1. The number of carbonyl (C=O) groups excluding carboxylic acids is 1. The van der Waals surface area contributed by atoms with Crippen LogP contribution in [0.4, 0.5) is 5.69 Å². The minimum absolute atomic E-state index is 0.159. The minimum atomic E-state index is -1.02. The van der Waals surface area contributed by atoms with Crippen molar-refractivity contribution in [1.82, 2.24) is 0 Å². The van der Waals surface area contributed by atoms with E-state index in [0.29, 0.717) is 16.5 Å². The van der Waals surface area contributed by atoms with Crippen LogP contribution in [0.2, 0.25) is 5.02 Å². The lowest BCUT2D eigenvalue weighted by Crippen LogP contribution is -2.20. The molecule has 0 aliphatic heterocycles. The van der Waals surface area contributed by atoms with Crippen LogP contribution in [0.25, 0.3) is 0 Å². The molecule has 7 heteroatoms. The van der Waals surface area contributed by atoms with Gasteiger partial charge in [-0.3, -0.25) is 4.79 Å². The number of thiophene rings is 1. The third-order valence-corrected chi connectivity index (χ3v) is 3.53. The molecule has 20 heavy (non-hydrogen) atoms. The second kappa shape index (κ2) is 6.40. The lowest BCUT2D eigenvalue weighted by molar-refractivity contribution is -0.118. The van der Waals surface area contributed by atoms with Crippen LogP contribution in [0.1, 0.15) is 9.67 Å². The summed E-state index contributed by atoms with van der Waals surface area (Å²) in [6, 6.07) is 8.22. The number of anilines is 1. The van der Waals surface area contributed by atoms with Crippen molar-refractivity contribution in [2.24, 2.45) is 0 Å². The Morgan fingerprint density at radius 1 is 1.35 bits per heavy atom. The maximum atomic E-state index is 11.7. The van der Waals surface area contributed by atoms with E-state index in [1.165, 1.54) is 11.4 Å². The molecule has 2 aromatic rings. The minimum Gasteiger partial charge on any atom is -0.483 e. The number of carboxylic acids is 1. The molecule has 104 valence electrons. The van der Waals surface area contributed by atoms with Crippen LogP contribution in [0, 0.1) is 0 Å². The molecule has 2 N–H and O–H groups in total. The lowest BCUT2D eigenvalue weighted by atomic mass is 10.3. The van der Waals surface area contributed by atoms with Crippen LogP contribution >= 0.6 is 22.9 Å². The number of rotatable bonds is 5. The van der Waals surface area contributed by atoms with Gasteiger partial charge in [0.05, 0.1) is 10.7 Å². The Morgan fingerprint density at radius 2 is 2.10 bits per heavy atom. The lowest BCUT2D eigenvalue weighted by Gasteiger charge is -2.07. The van der Waals surface area contributed by atoms with E-state index in [-0.39, 0.29) is 17.4 Å². The molecular formula is C13H10ClNO4S. The van der Waals surface area contributed by atoms with Crippen molar-refractivity contribution in [3.63, 3.8) is 0 Å². The van der Waals surface area contributed by atoms with E-state index in [0.717, 1.165) is 11.3 Å². The molecule has 1 amide bonds. The summed E-state index contributed by atoms with van der Waals surface area (Å²) < 4.78 is 5.20. The number of nitrogens with one attached hydrogen (secondary N) is 1. The van der Waals surface area contributed by atoms with Crippen LogP contribution < -0.4 is 10.1 Å². The Balaban J connectivity index is 1.89. The molecule has 1 aromatic carbocycles. The van der Waals surface area contributed by atoms with Crippen LogP contribution in [0.3, 0.4) is 0 Å². The summed E-state index contributed by atoms with van der Waals surface area (Å²) in [4.78, 5) is 22.5. The maximum Gasteiger partial charge on any atom is 0.346 e. The molecular weight excluding hydrogens is 302 g/mol. The van der Waals surface area contributed by atoms with Gasteiger partial charge in [0.25, 0.3) is 5.91 Å². The fourth-order valence-corrected chi connectivity index (χ4v) is 2.25. The van der Waals surface area contributed by atoms with E-state index in [4.69, 9.17) is 21.4 Å². The van der Waals surface area contributed by atoms with E-state index in [2.05, 4.69) is 5.32 Å². The standard InChI is InChI=1S/C13H10ClNO4S/c14-9-3-1-2-4-10(9)15-12(16)6-19-8-5-11(13(17)18)20-7-8/h1-5,7H,6H2,(H,15,16)(H,17,18). The Hall–Kier alpha value is -2.05. The molecule has 0 fully saturated rings. The molecule has 1 aromatic heterocycles. The van der Waals surface area contributed by atoms with Crippen molar-refractivity contribution >= 4 is 40.5 Å². The SMILES string of the molecule is O=C(COc1csc(C(=O)O)c1)Nc1ccccc1Cl. The Bertz CT molecular complexity index is 641. The van der Waals surface area contributed by atoms with Crippen molar-refractivity contribution in [2.75, 3.05) is 11.9 Å². The van der Waals surface area contributed by atoms with Crippen LogP contribution in [-0.2, 0) is 4.79 Å². The average Bonchev–Trinajstić information content (AvgIpc) is 2.88. The maximum absolute atomic E-state index is 11.7. The highest BCUT2D eigenvalue weighted by Crippen LogP contribution is 2.22. The van der Waals surface area contributed by atoms with Gasteiger partial charge in [-0.2, -0.15) is 0 Å². The van der Waals surface area contributed by atoms with Crippen LogP contribution in [0.15, 0.2) is 35.7 Å². The predicted octanol–water partition coefficient (Wildman–Crippen LogP) is 3.12. The van der Waals surface area contributed by atoms with E-state index >= 15 is 0 Å². The number of carboxylic acid groups (broad SMARTS) is 1. The van der Waals surface area contributed by atoms with Gasteiger partial charge < -0.3 is 15.2 Å². The molecule has 1 heterocycles. The van der Waals surface area contributed by atoms with Crippen molar-refractivity contribution < 1.29 is 19.4 Å². The van der Waals surface area contributed by atoms with E-state index < -0.39 is 5.97 Å². The fraction of sp³-hybridized carbons (Fsp3) is 0.0769. The molecule has 0 unspecified atom stereocenters. The fourth-order valence-electron chi connectivity index (χ4n) is 1.40. The normalized spacial score (nSPS) is 10.1. The summed E-state index contributed by atoms with van der Waals surface area (Å²) in [5, 5.41) is 13.3. The monoisotopic (exact) mass is 311 g/mol. The Kier molecular flexibility index (Phi) is 4.60. The van der Waals surface area contributed by atoms with Crippen LogP contribution in [-0.4, -0.2) is 23.6 Å². The topological polar surface area (TPSA) is 75.6 Å². The van der Waals surface area contributed by atoms with E-state index in [1.54, 1.807) is 24.3 Å². The summed E-state index contributed by atoms with van der Waals surface area (Å²) in [7, 11) is 0. The first-order valence-corrected chi connectivity index (χ1v) is 6.81. The summed E-state index contributed by atoms with van der Waals surface area (Å²) >= 11 is 6.94. The Morgan fingerprint density at radius 3 is 2.75 bits per heavy atom. The first kappa shape index (κ1) is 14.4. The summed E-state index contributed by atoms with van der Waals surface area (Å²) in [6.45, 7) is -0.221. The summed E-state index contributed by atoms with van der Waals surface area (Å²) in [5.41, 5.74) is 0.499. The van der Waals surface area contributed by atoms with Gasteiger partial charge in [-0.25, -0.2) is 4.79 Å². The van der Waals surface area contributed by atoms with E-state index in [1.807, 2.05) is 0 Å². The highest BCUT2D eigenvalue weighted by Gasteiger charge is 2.10. The van der Waals surface area contributed by atoms with Crippen LogP contribution in [0.5, 0.6) is 5.75 Å². The molecule has 0 saturated heterocycles. The molecule has 0 atom stereocenters. The summed E-state index contributed by atoms with van der Waals surface area (Å²) in [6.07, 6.45) is 0. The van der Waals surface area contributed by atoms with Crippen molar-refractivity contribution in [2.45, 2.75) is 0 Å². The third-order valence-electron chi connectivity index (χ3n) is 2.30. The van der Waals surface area contributed by atoms with Gasteiger partial charge in [-0.1, -0.05) is 23.7 Å². The van der Waals surface area contributed by atoms with Crippen molar-refractivity contribution in [1.29, 1.82) is 0 Å². The number of hydrogen-bond acceptors (Lipinski definition) is 4. The molecule has 2 rings (SSSR count).